The number of ether oxygens (including phenoxy) is 1. The van der Waals surface area contributed by atoms with Gasteiger partial charge in [-0.2, -0.15) is 18.3 Å². The zero-order valence-electron chi connectivity index (χ0n) is 20.5. The Balaban J connectivity index is 1.50. The fraction of sp³-hybridized carbons (Fsp3) is 0.346. The third-order valence-corrected chi connectivity index (χ3v) is 7.05. The van der Waals surface area contributed by atoms with E-state index in [1.807, 2.05) is 0 Å². The average Bonchev–Trinajstić information content (AvgIpc) is 3.61. The van der Waals surface area contributed by atoms with Gasteiger partial charge in [-0.3, -0.25) is 14.4 Å². The molecular weight excluding hydrogens is 489 g/mol. The van der Waals surface area contributed by atoms with E-state index < -0.39 is 23.2 Å². The van der Waals surface area contributed by atoms with Crippen LogP contribution in [0.1, 0.15) is 40.2 Å². The number of rotatable bonds is 6. The van der Waals surface area contributed by atoms with Crippen LogP contribution in [0.2, 0.25) is 0 Å². The molecule has 0 saturated heterocycles. The second-order valence-corrected chi connectivity index (χ2v) is 9.10. The number of anilines is 1. The first-order valence-corrected chi connectivity index (χ1v) is 11.7. The molecule has 2 aromatic carbocycles. The van der Waals surface area contributed by atoms with Crippen LogP contribution >= 0.6 is 0 Å². The second kappa shape index (κ2) is 8.91. The Labute approximate surface area is 211 Å². The highest BCUT2D eigenvalue weighted by Crippen LogP contribution is 2.50. The molecule has 0 N–H and O–H groups in total. The summed E-state index contributed by atoms with van der Waals surface area (Å²) < 4.78 is 47.6. The van der Waals surface area contributed by atoms with Crippen LogP contribution in [-0.4, -0.2) is 54.5 Å². The minimum atomic E-state index is -4.70. The largest absolute Gasteiger partial charge is 0.497 e. The number of hydrogen-bond donors (Lipinski definition) is 0. The van der Waals surface area contributed by atoms with Gasteiger partial charge in [0, 0.05) is 24.8 Å². The summed E-state index contributed by atoms with van der Waals surface area (Å²) in [4.78, 5) is 32.8. The van der Waals surface area contributed by atoms with Gasteiger partial charge < -0.3 is 9.64 Å². The van der Waals surface area contributed by atoms with Gasteiger partial charge in [-0.15, -0.1) is 0 Å². The summed E-state index contributed by atoms with van der Waals surface area (Å²) in [5, 5.41) is 5.02. The Morgan fingerprint density at radius 1 is 1.03 bits per heavy atom. The number of hydroxylamine groups is 2. The van der Waals surface area contributed by atoms with Gasteiger partial charge in [-0.1, -0.05) is 12.1 Å². The lowest BCUT2D eigenvalue weighted by Crippen LogP contribution is -2.39. The van der Waals surface area contributed by atoms with Crippen LogP contribution in [0.4, 0.5) is 18.9 Å². The monoisotopic (exact) mass is 514 g/mol. The van der Waals surface area contributed by atoms with Crippen molar-refractivity contribution in [1.29, 1.82) is 0 Å². The van der Waals surface area contributed by atoms with Gasteiger partial charge in [0.25, 0.3) is 11.8 Å². The molecule has 194 valence electrons. The Kier molecular flexibility index (Phi) is 5.98. The predicted molar refractivity (Wildman–Crippen MR) is 128 cm³/mol. The summed E-state index contributed by atoms with van der Waals surface area (Å²) in [6.07, 6.45) is -3.33. The summed E-state index contributed by atoms with van der Waals surface area (Å²) in [6.45, 7) is 0.0685. The van der Waals surface area contributed by atoms with Gasteiger partial charge in [0.05, 0.1) is 25.3 Å². The van der Waals surface area contributed by atoms with Crippen LogP contribution in [0.5, 0.6) is 5.75 Å². The van der Waals surface area contributed by atoms with E-state index in [2.05, 4.69) is 5.10 Å². The molecule has 0 radical (unpaired) electrons. The number of benzene rings is 2. The topological polar surface area (TPSA) is 76.9 Å². The van der Waals surface area contributed by atoms with E-state index in [0.717, 1.165) is 10.2 Å². The zero-order valence-corrected chi connectivity index (χ0v) is 20.5. The Morgan fingerprint density at radius 3 is 2.19 bits per heavy atom. The number of likely N-dealkylation sites (N-methyl/N-ethyl adjacent to an activating group) is 1. The van der Waals surface area contributed by atoms with Crippen molar-refractivity contribution >= 4 is 17.5 Å². The van der Waals surface area contributed by atoms with Crippen molar-refractivity contribution in [3.05, 3.63) is 71.0 Å². The van der Waals surface area contributed by atoms with E-state index in [-0.39, 0.29) is 30.1 Å². The lowest BCUT2D eigenvalue weighted by atomic mass is 9.94. The molecule has 2 heterocycles. The number of carbonyl (C=O) groups excluding carboxylic acids is 2. The summed E-state index contributed by atoms with van der Waals surface area (Å²) in [7, 11) is 4.46. The molecule has 1 aliphatic heterocycles. The number of aromatic nitrogens is 2. The first kappa shape index (κ1) is 24.8. The third-order valence-electron chi connectivity index (χ3n) is 7.05. The first-order valence-electron chi connectivity index (χ1n) is 11.7. The Hall–Kier alpha value is -3.86. The molecule has 1 saturated carbocycles. The smallest absolute Gasteiger partial charge is 0.435 e. The van der Waals surface area contributed by atoms with Crippen molar-refractivity contribution in [2.24, 2.45) is 0 Å². The van der Waals surface area contributed by atoms with Gasteiger partial charge in [-0.25, -0.2) is 9.75 Å². The zero-order chi connectivity index (χ0) is 26.5. The van der Waals surface area contributed by atoms with Gasteiger partial charge in [0.2, 0.25) is 0 Å². The molecule has 2 amide bonds. The van der Waals surface area contributed by atoms with Gasteiger partial charge in [0.15, 0.2) is 5.69 Å². The first-order chi connectivity index (χ1) is 17.6. The van der Waals surface area contributed by atoms with E-state index in [1.165, 1.54) is 24.2 Å². The molecule has 5 rings (SSSR count). The minimum Gasteiger partial charge on any atom is -0.497 e. The lowest BCUT2D eigenvalue weighted by Gasteiger charge is -2.28. The summed E-state index contributed by atoms with van der Waals surface area (Å²) in [5.74, 6) is -0.203. The van der Waals surface area contributed by atoms with Crippen LogP contribution in [0.25, 0.3) is 5.69 Å². The Bertz CT molecular complexity index is 1350. The van der Waals surface area contributed by atoms with Crippen LogP contribution in [0.3, 0.4) is 0 Å². The van der Waals surface area contributed by atoms with Crippen molar-refractivity contribution in [3.63, 3.8) is 0 Å². The molecule has 1 aliphatic carbocycles. The van der Waals surface area contributed by atoms with Crippen LogP contribution < -0.4 is 9.64 Å². The number of nitrogens with zero attached hydrogens (tertiary/aromatic N) is 4. The van der Waals surface area contributed by atoms with Crippen LogP contribution in [0.15, 0.2) is 48.5 Å². The number of methoxy groups -OCH3 is 1. The van der Waals surface area contributed by atoms with Crippen LogP contribution in [0, 0.1) is 0 Å². The molecule has 11 heteroatoms. The predicted octanol–water partition coefficient (Wildman–Crippen LogP) is 4.15. The number of carbonyl (C=O) groups is 2. The number of amides is 2. The number of fused-ring (bicyclic) bond motifs is 1. The highest BCUT2D eigenvalue weighted by atomic mass is 19.4. The fourth-order valence-electron chi connectivity index (χ4n) is 4.84. The molecule has 8 nitrogen and oxygen atoms in total. The number of alkyl halides is 3. The summed E-state index contributed by atoms with van der Waals surface area (Å²) in [5.41, 5.74) is -0.309. The maximum absolute atomic E-state index is 13.8. The quantitative estimate of drug-likeness (QED) is 0.462. The molecule has 37 heavy (non-hydrogen) atoms. The van der Waals surface area contributed by atoms with E-state index in [4.69, 9.17) is 9.57 Å². The molecule has 0 atom stereocenters. The normalized spacial score (nSPS) is 16.4. The molecule has 0 bridgehead atoms. The second-order valence-electron chi connectivity index (χ2n) is 9.10. The molecule has 2 aliphatic rings. The summed E-state index contributed by atoms with van der Waals surface area (Å²) >= 11 is 0. The van der Waals surface area contributed by atoms with Gasteiger partial charge in [-0.05, 0) is 61.2 Å². The highest BCUT2D eigenvalue weighted by Gasteiger charge is 2.53. The minimum absolute atomic E-state index is 0.00508. The fourth-order valence-corrected chi connectivity index (χ4v) is 4.84. The molecule has 0 spiro atoms. The van der Waals surface area contributed by atoms with Crippen LogP contribution in [-0.2, 0) is 27.6 Å². The standard InChI is InChI=1S/C26H25F3N4O4/c1-31(37-3)24(35)25(13-14-25)16-4-6-17(7-5-16)32-15-12-20-21(23(32)34)33(30-22(20)26(27,28)29)18-8-10-19(36-2)11-9-18/h4-11H,12-15H2,1-3H3. The van der Waals surface area contributed by atoms with E-state index >= 15 is 0 Å². The van der Waals surface area contributed by atoms with Gasteiger partial charge in [0.1, 0.15) is 11.4 Å². The van der Waals surface area contributed by atoms with Crippen molar-refractivity contribution in [3.8, 4) is 11.4 Å². The molecular formula is C26H25F3N4O4. The third kappa shape index (κ3) is 4.12. The maximum atomic E-state index is 13.8. The SMILES string of the molecule is COc1ccc(-n2nc(C(F)(F)F)c3c2C(=O)N(c2ccc(C4(C(=O)N(C)OC)CC4)cc2)CC3)cc1. The molecule has 3 aromatic rings. The highest BCUT2D eigenvalue weighted by molar-refractivity contribution is 6.07. The van der Waals surface area contributed by atoms with Crippen molar-refractivity contribution in [2.45, 2.75) is 30.9 Å². The molecule has 0 unspecified atom stereocenters. The molecule has 1 aromatic heterocycles. The van der Waals surface area contributed by atoms with Crippen molar-refractivity contribution < 1.29 is 32.3 Å². The average molecular weight is 515 g/mol. The maximum Gasteiger partial charge on any atom is 0.435 e. The Morgan fingerprint density at radius 2 is 1.65 bits per heavy atom. The van der Waals surface area contributed by atoms with E-state index in [0.29, 0.717) is 30.0 Å². The van der Waals surface area contributed by atoms with E-state index in [1.54, 1.807) is 55.6 Å². The van der Waals surface area contributed by atoms with Gasteiger partial charge >= 0.3 is 6.18 Å². The van der Waals surface area contributed by atoms with E-state index in [9.17, 15) is 22.8 Å². The van der Waals surface area contributed by atoms with Crippen molar-refractivity contribution in [2.75, 3.05) is 32.7 Å². The van der Waals surface area contributed by atoms with Crippen molar-refractivity contribution in [1.82, 2.24) is 14.8 Å². The summed E-state index contributed by atoms with van der Waals surface area (Å²) in [6, 6.07) is 13.3. The molecule has 1 fully saturated rings. The lowest BCUT2D eigenvalue weighted by molar-refractivity contribution is -0.171. The number of hydrogen-bond acceptors (Lipinski definition) is 5. The number of halogens is 3.